The highest BCUT2D eigenvalue weighted by Gasteiger charge is 2.26. The minimum Gasteiger partial charge on any atom is -0.493 e. The molecule has 1 N–H and O–H groups in total. The maximum Gasteiger partial charge on any atom is 0.247 e. The van der Waals surface area contributed by atoms with Crippen molar-refractivity contribution in [2.24, 2.45) is 0 Å². The molecule has 0 aliphatic carbocycles. The molecule has 1 aromatic heterocycles. The summed E-state index contributed by atoms with van der Waals surface area (Å²) in [4.78, 5) is 4.59. The highest BCUT2D eigenvalue weighted by molar-refractivity contribution is 7.99. The normalized spacial score (nSPS) is 14.8. The van der Waals surface area contributed by atoms with Gasteiger partial charge in [-0.05, 0) is 30.0 Å². The lowest BCUT2D eigenvalue weighted by Crippen LogP contribution is -2.17. The lowest BCUT2D eigenvalue weighted by atomic mass is 10.1. The Bertz CT molecular complexity index is 999. The van der Waals surface area contributed by atoms with Crippen LogP contribution in [0.4, 0.5) is 5.69 Å². The fourth-order valence-electron chi connectivity index (χ4n) is 3.00. The molecular weight excluding hydrogens is 376 g/mol. The fourth-order valence-corrected chi connectivity index (χ4v) is 3.51. The van der Waals surface area contributed by atoms with E-state index in [-0.39, 0.29) is 0 Å². The zero-order valence-corrected chi connectivity index (χ0v) is 16.6. The van der Waals surface area contributed by atoms with Crippen LogP contribution >= 0.6 is 11.8 Å². The molecule has 0 bridgehead atoms. The Morgan fingerprint density at radius 2 is 1.89 bits per heavy atom. The molecule has 8 heteroatoms. The smallest absolute Gasteiger partial charge is 0.247 e. The molecule has 0 fully saturated rings. The molecule has 1 atom stereocenters. The number of benzene rings is 2. The van der Waals surface area contributed by atoms with Gasteiger partial charge in [0.2, 0.25) is 11.0 Å². The van der Waals surface area contributed by atoms with Crippen molar-refractivity contribution in [2.45, 2.75) is 18.3 Å². The van der Waals surface area contributed by atoms with Crippen molar-refractivity contribution in [1.29, 1.82) is 0 Å². The highest BCUT2D eigenvalue weighted by Crippen LogP contribution is 2.40. The van der Waals surface area contributed by atoms with Gasteiger partial charge >= 0.3 is 0 Å². The number of ether oxygens (including phenoxy) is 3. The number of aromatic nitrogens is 3. The number of para-hydroxylation sites is 1. The topological polar surface area (TPSA) is 78.4 Å². The van der Waals surface area contributed by atoms with Crippen molar-refractivity contribution in [1.82, 2.24) is 15.2 Å². The molecular formula is C20H20N4O3S. The van der Waals surface area contributed by atoms with Gasteiger partial charge in [-0.25, -0.2) is 0 Å². The zero-order chi connectivity index (χ0) is 19.5. The molecule has 0 saturated carbocycles. The van der Waals surface area contributed by atoms with E-state index in [1.807, 2.05) is 49.4 Å². The van der Waals surface area contributed by atoms with Crippen LogP contribution in [-0.2, 0) is 0 Å². The van der Waals surface area contributed by atoms with Gasteiger partial charge in [-0.2, -0.15) is 4.98 Å². The molecule has 144 valence electrons. The van der Waals surface area contributed by atoms with Crippen molar-refractivity contribution in [3.05, 3.63) is 48.0 Å². The largest absolute Gasteiger partial charge is 0.493 e. The van der Waals surface area contributed by atoms with E-state index in [2.05, 4.69) is 20.5 Å². The Morgan fingerprint density at radius 3 is 2.68 bits per heavy atom. The number of nitrogens with one attached hydrogen (secondary N) is 1. The summed E-state index contributed by atoms with van der Waals surface area (Å²) in [5.74, 6) is 2.59. The molecule has 0 radical (unpaired) electrons. The summed E-state index contributed by atoms with van der Waals surface area (Å²) in [6.07, 6.45) is -0.474. The van der Waals surface area contributed by atoms with Crippen LogP contribution < -0.4 is 19.5 Å². The summed E-state index contributed by atoms with van der Waals surface area (Å²) >= 11 is 1.52. The van der Waals surface area contributed by atoms with Crippen LogP contribution in [0.5, 0.6) is 17.4 Å². The van der Waals surface area contributed by atoms with Crippen molar-refractivity contribution < 1.29 is 14.2 Å². The van der Waals surface area contributed by atoms with Gasteiger partial charge in [0, 0.05) is 16.8 Å². The zero-order valence-electron chi connectivity index (χ0n) is 15.8. The van der Waals surface area contributed by atoms with Crippen molar-refractivity contribution in [2.75, 3.05) is 25.3 Å². The maximum atomic E-state index is 6.25. The second-order valence-corrected chi connectivity index (χ2v) is 7.21. The van der Waals surface area contributed by atoms with Crippen LogP contribution in [0, 0.1) is 0 Å². The van der Waals surface area contributed by atoms with Crippen LogP contribution in [0.15, 0.2) is 47.6 Å². The second kappa shape index (κ2) is 7.93. The predicted molar refractivity (Wildman–Crippen MR) is 108 cm³/mol. The summed E-state index contributed by atoms with van der Waals surface area (Å²) < 4.78 is 17.0. The van der Waals surface area contributed by atoms with Gasteiger partial charge in [-0.3, -0.25) is 0 Å². The van der Waals surface area contributed by atoms with Gasteiger partial charge < -0.3 is 19.5 Å². The molecule has 0 amide bonds. The van der Waals surface area contributed by atoms with E-state index in [4.69, 9.17) is 14.2 Å². The van der Waals surface area contributed by atoms with E-state index in [1.165, 1.54) is 11.8 Å². The second-order valence-electron chi connectivity index (χ2n) is 5.98. The maximum absolute atomic E-state index is 6.25. The molecule has 1 aliphatic heterocycles. The first kappa shape index (κ1) is 18.4. The number of rotatable bonds is 5. The van der Waals surface area contributed by atoms with Crippen LogP contribution in [0.2, 0.25) is 0 Å². The lowest BCUT2D eigenvalue weighted by Gasteiger charge is -2.20. The van der Waals surface area contributed by atoms with E-state index in [9.17, 15) is 0 Å². The fraction of sp³-hybridized carbons (Fsp3) is 0.250. The van der Waals surface area contributed by atoms with Crippen LogP contribution in [-0.4, -0.2) is 35.2 Å². The third kappa shape index (κ3) is 3.43. The summed E-state index contributed by atoms with van der Waals surface area (Å²) in [5, 5.41) is 12.6. The standard InChI is InChI=1S/C20H20N4O3S/c1-4-28-20-22-19-17(23-24-20)13-7-5-6-8-14(13)21-18(27-19)12-9-10-15(25-2)16(11-12)26-3/h5-11,18,21H,4H2,1-3H3/t18-/m0/s1. The summed E-state index contributed by atoms with van der Waals surface area (Å²) in [7, 11) is 3.22. The monoisotopic (exact) mass is 396 g/mol. The number of methoxy groups -OCH3 is 2. The van der Waals surface area contributed by atoms with Crippen LogP contribution in [0.1, 0.15) is 18.7 Å². The summed E-state index contributed by atoms with van der Waals surface area (Å²) in [6, 6.07) is 13.6. The van der Waals surface area contributed by atoms with Crippen molar-refractivity contribution in [3.63, 3.8) is 0 Å². The Labute approximate surface area is 167 Å². The van der Waals surface area contributed by atoms with Gasteiger partial charge in [-0.15, -0.1) is 10.2 Å². The van der Waals surface area contributed by atoms with E-state index < -0.39 is 6.23 Å². The van der Waals surface area contributed by atoms with E-state index in [0.717, 1.165) is 22.6 Å². The van der Waals surface area contributed by atoms with Crippen LogP contribution in [0.3, 0.4) is 0 Å². The van der Waals surface area contributed by atoms with Gasteiger partial charge in [0.25, 0.3) is 0 Å². The number of hydrogen-bond acceptors (Lipinski definition) is 8. The SMILES string of the molecule is CCSc1nnc2c(n1)O[C@@H](c1ccc(OC)c(OC)c1)Nc1ccccc1-2. The van der Waals surface area contributed by atoms with Crippen LogP contribution in [0.25, 0.3) is 11.3 Å². The Hall–Kier alpha value is -3.00. The van der Waals surface area contributed by atoms with Crippen molar-refractivity contribution >= 4 is 17.4 Å². The lowest BCUT2D eigenvalue weighted by molar-refractivity contribution is 0.224. The average Bonchev–Trinajstić information content (AvgIpc) is 2.90. The number of fused-ring (bicyclic) bond motifs is 3. The molecule has 0 spiro atoms. The Balaban J connectivity index is 1.80. The first-order valence-corrected chi connectivity index (χ1v) is 9.84. The Kier molecular flexibility index (Phi) is 5.21. The highest BCUT2D eigenvalue weighted by atomic mass is 32.2. The van der Waals surface area contributed by atoms with E-state index in [0.29, 0.717) is 28.2 Å². The minimum atomic E-state index is -0.474. The summed E-state index contributed by atoms with van der Waals surface area (Å²) in [6.45, 7) is 2.05. The number of anilines is 1. The third-order valence-electron chi connectivity index (χ3n) is 4.32. The van der Waals surface area contributed by atoms with E-state index in [1.54, 1.807) is 14.2 Å². The molecule has 2 aromatic carbocycles. The first-order valence-electron chi connectivity index (χ1n) is 8.85. The first-order chi connectivity index (χ1) is 13.7. The average molecular weight is 396 g/mol. The third-order valence-corrected chi connectivity index (χ3v) is 5.04. The van der Waals surface area contributed by atoms with Crippen molar-refractivity contribution in [3.8, 4) is 28.6 Å². The quantitative estimate of drug-likeness (QED) is 0.644. The summed E-state index contributed by atoms with van der Waals surface area (Å²) in [5.41, 5.74) is 3.29. The minimum absolute atomic E-state index is 0.447. The molecule has 7 nitrogen and oxygen atoms in total. The molecule has 4 rings (SSSR count). The molecule has 3 aromatic rings. The van der Waals surface area contributed by atoms with E-state index >= 15 is 0 Å². The predicted octanol–water partition coefficient (Wildman–Crippen LogP) is 4.17. The van der Waals surface area contributed by atoms with Gasteiger partial charge in [0.1, 0.15) is 0 Å². The molecule has 2 heterocycles. The number of hydrogen-bond donors (Lipinski definition) is 1. The van der Waals surface area contributed by atoms with Gasteiger partial charge in [0.15, 0.2) is 23.4 Å². The Morgan fingerprint density at radius 1 is 1.07 bits per heavy atom. The number of thioether (sulfide) groups is 1. The molecule has 28 heavy (non-hydrogen) atoms. The molecule has 0 unspecified atom stereocenters. The van der Waals surface area contributed by atoms with Gasteiger partial charge in [-0.1, -0.05) is 36.9 Å². The number of nitrogens with zero attached hydrogens (tertiary/aromatic N) is 3. The molecule has 0 saturated heterocycles. The van der Waals surface area contributed by atoms with Gasteiger partial charge in [0.05, 0.1) is 14.2 Å². The molecule has 1 aliphatic rings.